The van der Waals surface area contributed by atoms with Crippen LogP contribution in [0.4, 0.5) is 0 Å². The van der Waals surface area contributed by atoms with Crippen LogP contribution >= 0.6 is 15.9 Å². The standard InChI is InChI=1S/C25H21BrN2O2/c1-16-25-22(12-23(30-25)24(29)18-6-8-21(26)9-7-18)20(13-27-16)15-28-11-10-17-4-2-3-5-19(17)14-28/h2-9,12-13H,10-11,14-15H2,1H3. The number of carbonyl (C=O) groups is 1. The van der Waals surface area contributed by atoms with Crippen LogP contribution < -0.4 is 0 Å². The predicted molar refractivity (Wildman–Crippen MR) is 121 cm³/mol. The van der Waals surface area contributed by atoms with Crippen LogP contribution in [0.3, 0.4) is 0 Å². The molecule has 0 saturated heterocycles. The molecule has 2 aromatic heterocycles. The lowest BCUT2D eigenvalue weighted by molar-refractivity contribution is 0.101. The fraction of sp³-hybridized carbons (Fsp3) is 0.200. The lowest BCUT2D eigenvalue weighted by Gasteiger charge is -2.28. The normalized spacial score (nSPS) is 14.1. The van der Waals surface area contributed by atoms with E-state index in [4.69, 9.17) is 4.42 Å². The zero-order valence-corrected chi connectivity index (χ0v) is 18.3. The van der Waals surface area contributed by atoms with E-state index in [1.165, 1.54) is 11.1 Å². The van der Waals surface area contributed by atoms with Crippen molar-refractivity contribution in [3.63, 3.8) is 0 Å². The summed E-state index contributed by atoms with van der Waals surface area (Å²) in [6.45, 7) is 4.63. The molecule has 0 atom stereocenters. The fourth-order valence-corrected chi connectivity index (χ4v) is 4.38. The van der Waals surface area contributed by atoms with Gasteiger partial charge in [-0.15, -0.1) is 0 Å². The number of nitrogens with zero attached hydrogens (tertiary/aromatic N) is 2. The van der Waals surface area contributed by atoms with Crippen molar-refractivity contribution in [3.8, 4) is 0 Å². The Balaban J connectivity index is 1.46. The van der Waals surface area contributed by atoms with Gasteiger partial charge in [-0.25, -0.2) is 0 Å². The fourth-order valence-electron chi connectivity index (χ4n) is 4.11. The van der Waals surface area contributed by atoms with Crippen molar-refractivity contribution in [2.75, 3.05) is 6.54 Å². The van der Waals surface area contributed by atoms with Crippen molar-refractivity contribution in [3.05, 3.63) is 99.0 Å². The third-order valence-electron chi connectivity index (χ3n) is 5.75. The highest BCUT2D eigenvalue weighted by molar-refractivity contribution is 9.10. The van der Waals surface area contributed by atoms with E-state index in [1.54, 1.807) is 12.1 Å². The van der Waals surface area contributed by atoms with E-state index in [1.807, 2.05) is 31.3 Å². The highest BCUT2D eigenvalue weighted by Crippen LogP contribution is 2.29. The predicted octanol–water partition coefficient (Wildman–Crippen LogP) is 5.69. The molecular weight excluding hydrogens is 440 g/mol. The first-order valence-corrected chi connectivity index (χ1v) is 10.9. The minimum Gasteiger partial charge on any atom is -0.451 e. The number of ketones is 1. The van der Waals surface area contributed by atoms with Crippen LogP contribution in [0.1, 0.15) is 38.5 Å². The molecule has 0 N–H and O–H groups in total. The van der Waals surface area contributed by atoms with E-state index in [-0.39, 0.29) is 5.78 Å². The molecule has 4 nitrogen and oxygen atoms in total. The van der Waals surface area contributed by atoms with E-state index in [2.05, 4.69) is 50.1 Å². The Morgan fingerprint density at radius 1 is 1.13 bits per heavy atom. The summed E-state index contributed by atoms with van der Waals surface area (Å²) in [6.07, 6.45) is 2.97. The van der Waals surface area contributed by atoms with Crippen molar-refractivity contribution in [2.24, 2.45) is 0 Å². The monoisotopic (exact) mass is 460 g/mol. The van der Waals surface area contributed by atoms with Gasteiger partial charge in [0.1, 0.15) is 0 Å². The lowest BCUT2D eigenvalue weighted by atomic mass is 9.99. The Hall–Kier alpha value is -2.76. The molecule has 1 aliphatic heterocycles. The molecule has 1 aliphatic rings. The van der Waals surface area contributed by atoms with Crippen LogP contribution in [-0.2, 0) is 19.5 Å². The molecule has 0 amide bonds. The summed E-state index contributed by atoms with van der Waals surface area (Å²) in [5, 5.41) is 0.974. The Bertz CT molecular complexity index is 1240. The van der Waals surface area contributed by atoms with E-state index in [0.29, 0.717) is 16.9 Å². The van der Waals surface area contributed by atoms with Crippen LogP contribution in [0.25, 0.3) is 11.0 Å². The summed E-state index contributed by atoms with van der Waals surface area (Å²) in [4.78, 5) is 19.9. The van der Waals surface area contributed by atoms with Crippen molar-refractivity contribution in [1.29, 1.82) is 0 Å². The van der Waals surface area contributed by atoms with Crippen LogP contribution in [0, 0.1) is 6.92 Å². The second kappa shape index (κ2) is 7.82. The highest BCUT2D eigenvalue weighted by Gasteiger charge is 2.21. The van der Waals surface area contributed by atoms with Gasteiger partial charge in [-0.1, -0.05) is 40.2 Å². The molecule has 5 rings (SSSR count). The van der Waals surface area contributed by atoms with Crippen molar-refractivity contribution < 1.29 is 9.21 Å². The van der Waals surface area contributed by atoms with E-state index < -0.39 is 0 Å². The van der Waals surface area contributed by atoms with Crippen LogP contribution in [-0.4, -0.2) is 22.2 Å². The molecule has 0 fully saturated rings. The number of pyridine rings is 1. The molecule has 3 heterocycles. The first kappa shape index (κ1) is 19.2. The van der Waals surface area contributed by atoms with Gasteiger partial charge in [0.15, 0.2) is 11.3 Å². The van der Waals surface area contributed by atoms with E-state index in [0.717, 1.165) is 47.2 Å². The maximum atomic E-state index is 12.9. The molecule has 0 spiro atoms. The minimum atomic E-state index is -0.115. The zero-order chi connectivity index (χ0) is 20.7. The molecule has 5 heteroatoms. The molecule has 0 unspecified atom stereocenters. The topological polar surface area (TPSA) is 46.3 Å². The maximum absolute atomic E-state index is 12.9. The Labute approximate surface area is 183 Å². The summed E-state index contributed by atoms with van der Waals surface area (Å²) in [5.41, 5.74) is 6.02. The Morgan fingerprint density at radius 3 is 2.70 bits per heavy atom. The zero-order valence-electron chi connectivity index (χ0n) is 16.7. The van der Waals surface area contributed by atoms with Crippen LogP contribution in [0.15, 0.2) is 69.7 Å². The summed E-state index contributed by atoms with van der Waals surface area (Å²) in [7, 11) is 0. The van der Waals surface area contributed by atoms with Crippen molar-refractivity contribution in [2.45, 2.75) is 26.4 Å². The number of rotatable bonds is 4. The van der Waals surface area contributed by atoms with E-state index in [9.17, 15) is 4.79 Å². The van der Waals surface area contributed by atoms with E-state index >= 15 is 0 Å². The molecular formula is C25H21BrN2O2. The first-order chi connectivity index (χ1) is 14.6. The van der Waals surface area contributed by atoms with Gasteiger partial charge in [0.2, 0.25) is 5.78 Å². The third-order valence-corrected chi connectivity index (χ3v) is 6.28. The molecule has 0 aliphatic carbocycles. The second-order valence-electron chi connectivity index (χ2n) is 7.79. The van der Waals surface area contributed by atoms with Crippen LogP contribution in [0.2, 0.25) is 0 Å². The number of aromatic nitrogens is 1. The number of furan rings is 1. The average molecular weight is 461 g/mol. The summed E-state index contributed by atoms with van der Waals surface area (Å²) < 4.78 is 6.93. The quantitative estimate of drug-likeness (QED) is 0.367. The van der Waals surface area contributed by atoms with Gasteiger partial charge in [0, 0.05) is 41.3 Å². The van der Waals surface area contributed by atoms with Gasteiger partial charge in [0.25, 0.3) is 0 Å². The largest absolute Gasteiger partial charge is 0.451 e. The first-order valence-electron chi connectivity index (χ1n) is 10.1. The third kappa shape index (κ3) is 3.59. The molecule has 30 heavy (non-hydrogen) atoms. The van der Waals surface area contributed by atoms with Gasteiger partial charge in [-0.05, 0) is 60.4 Å². The van der Waals surface area contributed by atoms with Gasteiger partial charge in [0.05, 0.1) is 5.69 Å². The summed E-state index contributed by atoms with van der Waals surface area (Å²) >= 11 is 3.41. The number of carbonyl (C=O) groups excluding carboxylic acids is 1. The smallest absolute Gasteiger partial charge is 0.228 e. The second-order valence-corrected chi connectivity index (χ2v) is 8.70. The average Bonchev–Trinajstić information content (AvgIpc) is 3.22. The Kier molecular flexibility index (Phi) is 5.01. The molecule has 2 aromatic carbocycles. The van der Waals surface area contributed by atoms with Gasteiger partial charge in [-0.3, -0.25) is 14.7 Å². The van der Waals surface area contributed by atoms with Gasteiger partial charge >= 0.3 is 0 Å². The maximum Gasteiger partial charge on any atom is 0.228 e. The molecule has 150 valence electrons. The molecule has 4 aromatic rings. The highest BCUT2D eigenvalue weighted by atomic mass is 79.9. The van der Waals surface area contributed by atoms with Gasteiger partial charge < -0.3 is 4.42 Å². The van der Waals surface area contributed by atoms with Crippen molar-refractivity contribution in [1.82, 2.24) is 9.88 Å². The van der Waals surface area contributed by atoms with Crippen molar-refractivity contribution >= 4 is 32.7 Å². The minimum absolute atomic E-state index is 0.115. The molecule has 0 radical (unpaired) electrons. The Morgan fingerprint density at radius 2 is 1.90 bits per heavy atom. The molecule has 0 saturated carbocycles. The number of aryl methyl sites for hydroxylation is 1. The lowest BCUT2D eigenvalue weighted by Crippen LogP contribution is -2.30. The number of benzene rings is 2. The van der Waals surface area contributed by atoms with Gasteiger partial charge in [-0.2, -0.15) is 0 Å². The molecule has 0 bridgehead atoms. The number of fused-ring (bicyclic) bond motifs is 2. The SMILES string of the molecule is Cc1ncc(CN2CCc3ccccc3C2)c2cc(C(=O)c3ccc(Br)cc3)oc12. The summed E-state index contributed by atoms with van der Waals surface area (Å²) in [6, 6.07) is 17.8. The number of hydrogen-bond donors (Lipinski definition) is 0. The number of hydrogen-bond acceptors (Lipinski definition) is 4. The number of halogens is 1. The summed E-state index contributed by atoms with van der Waals surface area (Å²) in [5.74, 6) is 0.240. The van der Waals surface area contributed by atoms with Crippen LogP contribution in [0.5, 0.6) is 0 Å².